The van der Waals surface area contributed by atoms with E-state index in [1.165, 1.54) is 18.2 Å². The number of carbonyl (C=O) groups excluding carboxylic acids is 1. The summed E-state index contributed by atoms with van der Waals surface area (Å²) in [6, 6.07) is 5.80. The van der Waals surface area contributed by atoms with Gasteiger partial charge in [-0.05, 0) is 46.6 Å². The van der Waals surface area contributed by atoms with Crippen LogP contribution in [-0.2, 0) is 0 Å². The van der Waals surface area contributed by atoms with E-state index in [1.54, 1.807) is 12.3 Å². The first-order valence-corrected chi connectivity index (χ1v) is 6.26. The lowest BCUT2D eigenvalue weighted by atomic mass is 10.1. The van der Waals surface area contributed by atoms with Crippen molar-refractivity contribution in [2.75, 3.05) is 11.1 Å². The second-order valence-electron chi connectivity index (χ2n) is 3.97. The highest BCUT2D eigenvalue weighted by Gasteiger charge is 2.13. The summed E-state index contributed by atoms with van der Waals surface area (Å²) in [6.45, 7) is 1.87. The molecule has 0 aliphatic carbocycles. The number of hydrogen-bond donors (Lipinski definition) is 2. The van der Waals surface area contributed by atoms with Gasteiger partial charge in [0.1, 0.15) is 11.6 Å². The maximum absolute atomic E-state index is 13.3. The molecule has 0 saturated carbocycles. The Morgan fingerprint density at radius 3 is 2.89 bits per heavy atom. The Labute approximate surface area is 118 Å². The summed E-state index contributed by atoms with van der Waals surface area (Å²) in [5, 5.41) is 2.58. The van der Waals surface area contributed by atoms with Gasteiger partial charge < -0.3 is 11.1 Å². The first-order valence-electron chi connectivity index (χ1n) is 5.46. The number of nitrogen functional groups attached to an aromatic ring is 1. The number of halogens is 2. The van der Waals surface area contributed by atoms with Crippen LogP contribution in [0.15, 0.2) is 34.9 Å². The van der Waals surface area contributed by atoms with Crippen LogP contribution < -0.4 is 11.1 Å². The van der Waals surface area contributed by atoms with E-state index >= 15 is 0 Å². The van der Waals surface area contributed by atoms with Crippen LogP contribution in [0, 0.1) is 12.7 Å². The summed E-state index contributed by atoms with van der Waals surface area (Å²) in [7, 11) is 0. The lowest BCUT2D eigenvalue weighted by molar-refractivity contribution is 0.102. The third-order valence-electron chi connectivity index (χ3n) is 2.59. The molecule has 0 aliphatic heterocycles. The Balaban J connectivity index is 2.26. The summed E-state index contributed by atoms with van der Waals surface area (Å²) in [5.41, 5.74) is 6.37. The van der Waals surface area contributed by atoms with E-state index in [0.717, 1.165) is 10.0 Å². The molecule has 0 unspecified atom stereocenters. The molecule has 0 radical (unpaired) electrons. The molecule has 0 atom stereocenters. The minimum absolute atomic E-state index is 0.0855. The number of amides is 1. The van der Waals surface area contributed by atoms with Crippen LogP contribution in [-0.4, -0.2) is 10.9 Å². The molecular weight excluding hydrogens is 313 g/mol. The van der Waals surface area contributed by atoms with Crippen molar-refractivity contribution in [3.63, 3.8) is 0 Å². The molecule has 0 spiro atoms. The minimum atomic E-state index is -0.618. The maximum atomic E-state index is 13.3. The zero-order valence-electron chi connectivity index (χ0n) is 10.1. The predicted octanol–water partition coefficient (Wildman–Crippen LogP) is 3.13. The van der Waals surface area contributed by atoms with Crippen molar-refractivity contribution >= 4 is 33.3 Å². The molecule has 1 heterocycles. The van der Waals surface area contributed by atoms with E-state index in [0.29, 0.717) is 5.82 Å². The molecule has 0 bridgehead atoms. The van der Waals surface area contributed by atoms with Crippen molar-refractivity contribution in [2.45, 2.75) is 6.92 Å². The first-order chi connectivity index (χ1) is 8.99. The van der Waals surface area contributed by atoms with Crippen molar-refractivity contribution in [3.05, 3.63) is 51.9 Å². The van der Waals surface area contributed by atoms with Gasteiger partial charge in [-0.15, -0.1) is 0 Å². The van der Waals surface area contributed by atoms with Gasteiger partial charge in [0, 0.05) is 10.7 Å². The van der Waals surface area contributed by atoms with Crippen molar-refractivity contribution in [1.29, 1.82) is 0 Å². The summed E-state index contributed by atoms with van der Waals surface area (Å²) >= 11 is 3.32. The van der Waals surface area contributed by atoms with Crippen LogP contribution >= 0.6 is 15.9 Å². The number of carbonyl (C=O) groups is 1. The molecule has 98 valence electrons. The fourth-order valence-corrected chi connectivity index (χ4v) is 1.74. The van der Waals surface area contributed by atoms with Gasteiger partial charge in [0.15, 0.2) is 0 Å². The summed E-state index contributed by atoms with van der Waals surface area (Å²) < 4.78 is 14.1. The number of benzene rings is 1. The molecule has 19 heavy (non-hydrogen) atoms. The van der Waals surface area contributed by atoms with Gasteiger partial charge in [-0.25, -0.2) is 9.37 Å². The molecule has 2 aromatic rings. The van der Waals surface area contributed by atoms with Crippen LogP contribution in [0.4, 0.5) is 15.9 Å². The third-order valence-corrected chi connectivity index (χ3v) is 3.42. The lowest BCUT2D eigenvalue weighted by Gasteiger charge is -2.08. The number of nitrogens with zero attached hydrogens (tertiary/aromatic N) is 1. The smallest absolute Gasteiger partial charge is 0.259 e. The Bertz CT molecular complexity index is 646. The Morgan fingerprint density at radius 2 is 2.21 bits per heavy atom. The zero-order chi connectivity index (χ0) is 14.0. The number of pyridine rings is 1. The van der Waals surface area contributed by atoms with Crippen LogP contribution in [0.3, 0.4) is 0 Å². The van der Waals surface area contributed by atoms with E-state index in [1.807, 2.05) is 6.92 Å². The number of nitrogens with one attached hydrogen (secondary N) is 1. The fourth-order valence-electron chi connectivity index (χ4n) is 1.53. The van der Waals surface area contributed by atoms with Gasteiger partial charge in [0.2, 0.25) is 0 Å². The van der Waals surface area contributed by atoms with Crippen molar-refractivity contribution in [3.8, 4) is 0 Å². The number of para-hydroxylation sites is 1. The number of hydrogen-bond acceptors (Lipinski definition) is 3. The maximum Gasteiger partial charge on any atom is 0.259 e. The van der Waals surface area contributed by atoms with E-state index < -0.39 is 11.7 Å². The highest BCUT2D eigenvalue weighted by Crippen LogP contribution is 2.20. The standard InChI is InChI=1S/C13H11BrFN3O/c1-7-5-11(17-6-9(7)14)18-13(19)8-3-2-4-10(15)12(8)16/h2-6H,16H2,1H3,(H,17,18,19). The number of anilines is 2. The second kappa shape index (κ2) is 5.36. The van der Waals surface area contributed by atoms with E-state index in [9.17, 15) is 9.18 Å². The Hall–Kier alpha value is -1.95. The van der Waals surface area contributed by atoms with Gasteiger partial charge in [-0.2, -0.15) is 0 Å². The summed E-state index contributed by atoms with van der Waals surface area (Å²) in [6.07, 6.45) is 1.58. The topological polar surface area (TPSA) is 68.0 Å². The summed E-state index contributed by atoms with van der Waals surface area (Å²) in [5.74, 6) is -0.729. The van der Waals surface area contributed by atoms with E-state index in [-0.39, 0.29) is 11.3 Å². The average Bonchev–Trinajstić information content (AvgIpc) is 2.37. The molecule has 0 saturated heterocycles. The van der Waals surface area contributed by atoms with Crippen LogP contribution in [0.1, 0.15) is 15.9 Å². The molecule has 0 fully saturated rings. The molecule has 1 aromatic heterocycles. The zero-order valence-corrected chi connectivity index (χ0v) is 11.7. The van der Waals surface area contributed by atoms with Crippen molar-refractivity contribution in [2.24, 2.45) is 0 Å². The Kier molecular flexibility index (Phi) is 3.80. The van der Waals surface area contributed by atoms with Gasteiger partial charge in [0.05, 0.1) is 11.3 Å². The van der Waals surface area contributed by atoms with Gasteiger partial charge in [-0.1, -0.05) is 6.07 Å². The molecule has 0 aliphatic rings. The van der Waals surface area contributed by atoms with Crippen LogP contribution in [0.2, 0.25) is 0 Å². The quantitative estimate of drug-likeness (QED) is 0.834. The monoisotopic (exact) mass is 323 g/mol. The second-order valence-corrected chi connectivity index (χ2v) is 4.83. The molecule has 2 rings (SSSR count). The van der Waals surface area contributed by atoms with Crippen molar-refractivity contribution in [1.82, 2.24) is 4.98 Å². The van der Waals surface area contributed by atoms with Gasteiger partial charge in [0.25, 0.3) is 5.91 Å². The fraction of sp³-hybridized carbons (Fsp3) is 0.0769. The lowest BCUT2D eigenvalue weighted by Crippen LogP contribution is -2.15. The molecule has 1 amide bonds. The molecule has 1 aromatic carbocycles. The summed E-state index contributed by atoms with van der Waals surface area (Å²) in [4.78, 5) is 16.0. The molecule has 4 nitrogen and oxygen atoms in total. The molecular formula is C13H11BrFN3O. The van der Waals surface area contributed by atoms with E-state index in [2.05, 4.69) is 26.2 Å². The van der Waals surface area contributed by atoms with Gasteiger partial charge in [-0.3, -0.25) is 4.79 Å². The number of aromatic nitrogens is 1. The predicted molar refractivity (Wildman–Crippen MR) is 75.4 cm³/mol. The Morgan fingerprint density at radius 1 is 1.47 bits per heavy atom. The SMILES string of the molecule is Cc1cc(NC(=O)c2cccc(F)c2N)ncc1Br. The van der Waals surface area contributed by atoms with Crippen LogP contribution in [0.25, 0.3) is 0 Å². The highest BCUT2D eigenvalue weighted by atomic mass is 79.9. The van der Waals surface area contributed by atoms with Crippen LogP contribution in [0.5, 0.6) is 0 Å². The largest absolute Gasteiger partial charge is 0.396 e. The van der Waals surface area contributed by atoms with Crippen molar-refractivity contribution < 1.29 is 9.18 Å². The highest BCUT2D eigenvalue weighted by molar-refractivity contribution is 9.10. The molecule has 6 heteroatoms. The normalized spacial score (nSPS) is 10.3. The average molecular weight is 324 g/mol. The van der Waals surface area contributed by atoms with E-state index in [4.69, 9.17) is 5.73 Å². The number of aryl methyl sites for hydroxylation is 1. The minimum Gasteiger partial charge on any atom is -0.396 e. The molecule has 3 N–H and O–H groups in total. The first kappa shape index (κ1) is 13.5. The van der Waals surface area contributed by atoms with Gasteiger partial charge >= 0.3 is 0 Å². The third kappa shape index (κ3) is 2.90. The number of nitrogens with two attached hydrogens (primary N) is 1. The number of rotatable bonds is 2.